The lowest BCUT2D eigenvalue weighted by Gasteiger charge is -2.09. The highest BCUT2D eigenvalue weighted by Gasteiger charge is 2.03. The molecule has 0 unspecified atom stereocenters. The third kappa shape index (κ3) is 7.67. The molecule has 0 saturated carbocycles. The topological polar surface area (TPSA) is 12.4 Å². The van der Waals surface area contributed by atoms with Crippen molar-refractivity contribution in [1.82, 2.24) is 0 Å². The molecule has 9 heavy (non-hydrogen) atoms. The molecule has 0 aliphatic rings. The van der Waals surface area contributed by atoms with Gasteiger partial charge in [-0.1, -0.05) is 27.7 Å². The zero-order chi connectivity index (χ0) is 7.33. The first kappa shape index (κ1) is 8.67. The summed E-state index contributed by atoms with van der Waals surface area (Å²) < 4.78 is 0. The van der Waals surface area contributed by atoms with Crippen molar-refractivity contribution < 1.29 is 0 Å². The Kier molecular flexibility index (Phi) is 3.52. The quantitative estimate of drug-likeness (QED) is 0.505. The van der Waals surface area contributed by atoms with E-state index < -0.39 is 0 Å². The van der Waals surface area contributed by atoms with Crippen LogP contribution in [0.3, 0.4) is 0 Å². The van der Waals surface area contributed by atoms with Crippen LogP contribution >= 0.6 is 0 Å². The molecule has 1 heteroatoms. The Balaban J connectivity index is 3.45. The first-order valence-corrected chi connectivity index (χ1v) is 3.57. The molecule has 0 aromatic carbocycles. The van der Waals surface area contributed by atoms with Crippen molar-refractivity contribution in [2.24, 2.45) is 10.4 Å². The van der Waals surface area contributed by atoms with E-state index in [4.69, 9.17) is 0 Å². The molecule has 1 nitrogen and oxygen atoms in total. The van der Waals surface area contributed by atoms with E-state index in [9.17, 15) is 0 Å². The average Bonchev–Trinajstić information content (AvgIpc) is 1.63. The zero-order valence-electron chi connectivity index (χ0n) is 6.94. The molecule has 0 aromatic rings. The maximum Gasteiger partial charge on any atom is 0.0383 e. The molecule has 0 fully saturated rings. The second kappa shape index (κ2) is 3.65. The van der Waals surface area contributed by atoms with Gasteiger partial charge in [0.2, 0.25) is 0 Å². The zero-order valence-corrected chi connectivity index (χ0v) is 6.94. The van der Waals surface area contributed by atoms with Crippen LogP contribution < -0.4 is 0 Å². The second-order valence-electron chi connectivity index (χ2n) is 3.40. The number of rotatable bonds is 2. The number of nitrogens with zero attached hydrogens (tertiary/aromatic N) is 1. The standard InChI is InChI=1S/C8H17N/c1-5-6-9-7-8(2,3)4/h7H,5-6H2,1-4H3. The Labute approximate surface area is 58.2 Å². The summed E-state index contributed by atoms with van der Waals surface area (Å²) in [4.78, 5) is 4.24. The molecule has 0 N–H and O–H groups in total. The average molecular weight is 127 g/mol. The predicted octanol–water partition coefficient (Wildman–Crippen LogP) is 2.51. The third-order valence-electron chi connectivity index (χ3n) is 0.831. The highest BCUT2D eigenvalue weighted by molar-refractivity contribution is 5.63. The lowest BCUT2D eigenvalue weighted by molar-refractivity contribution is 0.603. The minimum absolute atomic E-state index is 0.259. The van der Waals surface area contributed by atoms with Gasteiger partial charge in [0, 0.05) is 12.8 Å². The maximum atomic E-state index is 4.24. The predicted molar refractivity (Wildman–Crippen MR) is 43.1 cm³/mol. The molecule has 0 bridgehead atoms. The molecule has 0 amide bonds. The van der Waals surface area contributed by atoms with Crippen molar-refractivity contribution in [1.29, 1.82) is 0 Å². The largest absolute Gasteiger partial charge is 0.297 e. The summed E-state index contributed by atoms with van der Waals surface area (Å²) in [6.45, 7) is 9.59. The smallest absolute Gasteiger partial charge is 0.0383 e. The first-order chi connectivity index (χ1) is 4.06. The van der Waals surface area contributed by atoms with E-state index in [0.29, 0.717) is 0 Å². The molecule has 0 aliphatic carbocycles. The molecule has 0 radical (unpaired) electrons. The van der Waals surface area contributed by atoms with Crippen molar-refractivity contribution >= 4 is 6.21 Å². The molecular weight excluding hydrogens is 110 g/mol. The molecule has 0 atom stereocenters. The summed E-state index contributed by atoms with van der Waals surface area (Å²) in [6, 6.07) is 0. The fourth-order valence-corrected chi connectivity index (χ4v) is 0.468. The summed E-state index contributed by atoms with van der Waals surface area (Å²) in [6.07, 6.45) is 3.17. The Hall–Kier alpha value is -0.330. The van der Waals surface area contributed by atoms with Crippen LogP contribution in [-0.4, -0.2) is 12.8 Å². The molecule has 0 aromatic heterocycles. The van der Waals surface area contributed by atoms with E-state index in [0.717, 1.165) is 13.0 Å². The highest BCUT2D eigenvalue weighted by atomic mass is 14.7. The molecule has 0 saturated heterocycles. The van der Waals surface area contributed by atoms with Crippen molar-refractivity contribution in [3.05, 3.63) is 0 Å². The number of hydrogen-bond acceptors (Lipinski definition) is 1. The Morgan fingerprint density at radius 3 is 2.22 bits per heavy atom. The van der Waals surface area contributed by atoms with Gasteiger partial charge in [-0.15, -0.1) is 0 Å². The SMILES string of the molecule is CCCN=CC(C)(C)C. The van der Waals surface area contributed by atoms with Crippen molar-refractivity contribution in [3.63, 3.8) is 0 Å². The lowest BCUT2D eigenvalue weighted by Crippen LogP contribution is -2.06. The molecule has 0 heterocycles. The van der Waals surface area contributed by atoms with Crippen LogP contribution in [0.5, 0.6) is 0 Å². The van der Waals surface area contributed by atoms with Crippen LogP contribution in [0, 0.1) is 5.41 Å². The molecule has 0 spiro atoms. The highest BCUT2D eigenvalue weighted by Crippen LogP contribution is 2.07. The van der Waals surface area contributed by atoms with Gasteiger partial charge in [0.15, 0.2) is 0 Å². The third-order valence-corrected chi connectivity index (χ3v) is 0.831. The fourth-order valence-electron chi connectivity index (χ4n) is 0.468. The normalized spacial score (nSPS) is 12.9. The van der Waals surface area contributed by atoms with E-state index in [1.807, 2.05) is 6.21 Å². The van der Waals surface area contributed by atoms with Gasteiger partial charge in [0.05, 0.1) is 0 Å². The molecular formula is C8H17N. The second-order valence-corrected chi connectivity index (χ2v) is 3.40. The van der Waals surface area contributed by atoms with Gasteiger partial charge in [-0.2, -0.15) is 0 Å². The van der Waals surface area contributed by atoms with Gasteiger partial charge in [0.1, 0.15) is 0 Å². The van der Waals surface area contributed by atoms with Crippen LogP contribution in [0.1, 0.15) is 34.1 Å². The van der Waals surface area contributed by atoms with Crippen LogP contribution in [0.4, 0.5) is 0 Å². The summed E-state index contributed by atoms with van der Waals surface area (Å²) >= 11 is 0. The Morgan fingerprint density at radius 1 is 1.33 bits per heavy atom. The number of hydrogen-bond donors (Lipinski definition) is 0. The van der Waals surface area contributed by atoms with Crippen molar-refractivity contribution in [2.45, 2.75) is 34.1 Å². The van der Waals surface area contributed by atoms with Gasteiger partial charge in [0.25, 0.3) is 0 Å². The van der Waals surface area contributed by atoms with Crippen molar-refractivity contribution in [2.75, 3.05) is 6.54 Å². The number of aliphatic imine (C=N–C) groups is 1. The minimum atomic E-state index is 0.259. The van der Waals surface area contributed by atoms with Crippen LogP contribution in [0.15, 0.2) is 4.99 Å². The van der Waals surface area contributed by atoms with E-state index in [-0.39, 0.29) is 5.41 Å². The van der Waals surface area contributed by atoms with Gasteiger partial charge < -0.3 is 0 Å². The summed E-state index contributed by atoms with van der Waals surface area (Å²) in [5, 5.41) is 0. The van der Waals surface area contributed by atoms with Crippen LogP contribution in [-0.2, 0) is 0 Å². The van der Waals surface area contributed by atoms with Crippen LogP contribution in [0.25, 0.3) is 0 Å². The molecule has 0 rings (SSSR count). The molecule has 0 aliphatic heterocycles. The van der Waals surface area contributed by atoms with Gasteiger partial charge in [-0.3, -0.25) is 4.99 Å². The Morgan fingerprint density at radius 2 is 1.89 bits per heavy atom. The fraction of sp³-hybridized carbons (Fsp3) is 0.875. The van der Waals surface area contributed by atoms with E-state index in [1.54, 1.807) is 0 Å². The van der Waals surface area contributed by atoms with Gasteiger partial charge in [-0.05, 0) is 11.8 Å². The minimum Gasteiger partial charge on any atom is -0.297 e. The summed E-state index contributed by atoms with van der Waals surface area (Å²) in [5.74, 6) is 0. The summed E-state index contributed by atoms with van der Waals surface area (Å²) in [7, 11) is 0. The first-order valence-electron chi connectivity index (χ1n) is 3.57. The van der Waals surface area contributed by atoms with E-state index >= 15 is 0 Å². The van der Waals surface area contributed by atoms with Crippen LogP contribution in [0.2, 0.25) is 0 Å². The van der Waals surface area contributed by atoms with E-state index in [2.05, 4.69) is 32.7 Å². The Bertz CT molecular complexity index is 87.2. The molecule has 54 valence electrons. The van der Waals surface area contributed by atoms with Gasteiger partial charge in [-0.25, -0.2) is 0 Å². The maximum absolute atomic E-state index is 4.24. The summed E-state index contributed by atoms with van der Waals surface area (Å²) in [5.41, 5.74) is 0.259. The monoisotopic (exact) mass is 127 g/mol. The van der Waals surface area contributed by atoms with Crippen molar-refractivity contribution in [3.8, 4) is 0 Å². The van der Waals surface area contributed by atoms with E-state index in [1.165, 1.54) is 0 Å². The van der Waals surface area contributed by atoms with Gasteiger partial charge >= 0.3 is 0 Å². The lowest BCUT2D eigenvalue weighted by atomic mass is 9.99.